The van der Waals surface area contributed by atoms with Gasteiger partial charge in [-0.25, -0.2) is 0 Å². The molecular weight excluding hydrogens is 236 g/mol. The van der Waals surface area contributed by atoms with Gasteiger partial charge in [0.1, 0.15) is 0 Å². The van der Waals surface area contributed by atoms with Crippen LogP contribution in [-0.4, -0.2) is 31.3 Å². The number of aliphatic hydroxyl groups is 1. The smallest absolute Gasteiger partial charge is 0.320 e. The van der Waals surface area contributed by atoms with Crippen LogP contribution in [0.4, 0.5) is 0 Å². The molecule has 5 nitrogen and oxygen atoms in total. The number of aliphatic hydroxyl groups excluding tert-OH is 1. The van der Waals surface area contributed by atoms with Crippen molar-refractivity contribution in [2.24, 2.45) is 5.92 Å². The first-order valence-corrected chi connectivity index (χ1v) is 5.46. The van der Waals surface area contributed by atoms with E-state index >= 15 is 0 Å². The molecule has 0 atom stereocenters. The van der Waals surface area contributed by atoms with E-state index in [0.29, 0.717) is 0 Å². The van der Waals surface area contributed by atoms with E-state index in [1.54, 1.807) is 24.3 Å². The quantitative estimate of drug-likeness (QED) is 0.616. The van der Waals surface area contributed by atoms with Crippen molar-refractivity contribution >= 4 is 11.9 Å². The number of ether oxygens (including phenoxy) is 2. The molecule has 1 aromatic rings. The van der Waals surface area contributed by atoms with E-state index in [1.807, 2.05) is 0 Å². The minimum absolute atomic E-state index is 0.0439. The fourth-order valence-corrected chi connectivity index (χ4v) is 1.56. The van der Waals surface area contributed by atoms with Crippen molar-refractivity contribution in [1.29, 1.82) is 0 Å². The third-order valence-electron chi connectivity index (χ3n) is 2.62. The van der Waals surface area contributed by atoms with E-state index in [-0.39, 0.29) is 13.0 Å². The molecular formula is C13H16O5. The average Bonchev–Trinajstić information content (AvgIpc) is 2.43. The van der Waals surface area contributed by atoms with E-state index in [1.165, 1.54) is 14.2 Å². The lowest BCUT2D eigenvalue weighted by atomic mass is 9.98. The summed E-state index contributed by atoms with van der Waals surface area (Å²) >= 11 is 0. The molecule has 0 aliphatic carbocycles. The number of benzene rings is 1. The molecule has 5 heteroatoms. The molecule has 1 rings (SSSR count). The Hall–Kier alpha value is -1.88. The van der Waals surface area contributed by atoms with Crippen LogP contribution < -0.4 is 0 Å². The second-order valence-corrected chi connectivity index (χ2v) is 3.78. The fraction of sp³-hybridized carbons (Fsp3) is 0.385. The van der Waals surface area contributed by atoms with Gasteiger partial charge in [-0.15, -0.1) is 0 Å². The maximum absolute atomic E-state index is 11.5. The largest absolute Gasteiger partial charge is 0.468 e. The molecule has 1 N–H and O–H groups in total. The number of hydrogen-bond donors (Lipinski definition) is 1. The first kappa shape index (κ1) is 14.2. The highest BCUT2D eigenvalue weighted by molar-refractivity contribution is 5.95. The zero-order chi connectivity index (χ0) is 13.5. The molecule has 0 saturated heterocycles. The Balaban J connectivity index is 2.82. The van der Waals surface area contributed by atoms with Crippen molar-refractivity contribution in [2.45, 2.75) is 13.0 Å². The lowest BCUT2D eigenvalue weighted by Crippen LogP contribution is -2.28. The zero-order valence-electron chi connectivity index (χ0n) is 10.4. The third-order valence-corrected chi connectivity index (χ3v) is 2.62. The summed E-state index contributed by atoms with van der Waals surface area (Å²) in [5, 5.41) is 8.91. The highest BCUT2D eigenvalue weighted by atomic mass is 16.5. The second-order valence-electron chi connectivity index (χ2n) is 3.78. The van der Waals surface area contributed by atoms with Crippen molar-refractivity contribution in [1.82, 2.24) is 0 Å². The lowest BCUT2D eigenvalue weighted by Gasteiger charge is -2.12. The standard InChI is InChI=1S/C13H16O5/c1-17-12(15)11(13(16)18-2)7-9-3-5-10(8-14)6-4-9/h3-6,11,14H,7-8H2,1-2H3. The van der Waals surface area contributed by atoms with Gasteiger partial charge in [0.2, 0.25) is 0 Å². The number of carbonyl (C=O) groups is 2. The van der Waals surface area contributed by atoms with Crippen LogP contribution >= 0.6 is 0 Å². The van der Waals surface area contributed by atoms with E-state index in [4.69, 9.17) is 5.11 Å². The maximum atomic E-state index is 11.5. The summed E-state index contributed by atoms with van der Waals surface area (Å²) in [5.41, 5.74) is 1.57. The van der Waals surface area contributed by atoms with Gasteiger partial charge in [-0.1, -0.05) is 24.3 Å². The molecule has 98 valence electrons. The van der Waals surface area contributed by atoms with Gasteiger partial charge in [0.25, 0.3) is 0 Å². The van der Waals surface area contributed by atoms with E-state index in [2.05, 4.69) is 9.47 Å². The minimum atomic E-state index is -0.958. The van der Waals surface area contributed by atoms with Crippen LogP contribution in [0, 0.1) is 5.92 Å². The van der Waals surface area contributed by atoms with E-state index in [9.17, 15) is 9.59 Å². The number of carbonyl (C=O) groups excluding carboxylic acids is 2. The SMILES string of the molecule is COC(=O)C(Cc1ccc(CO)cc1)C(=O)OC. The van der Waals surface area contributed by atoms with Crippen LogP contribution in [-0.2, 0) is 32.1 Å². The highest BCUT2D eigenvalue weighted by Crippen LogP contribution is 2.13. The van der Waals surface area contributed by atoms with Crippen molar-refractivity contribution in [3.8, 4) is 0 Å². The fourth-order valence-electron chi connectivity index (χ4n) is 1.56. The van der Waals surface area contributed by atoms with Crippen molar-refractivity contribution < 1.29 is 24.2 Å². The summed E-state index contributed by atoms with van der Waals surface area (Å²) in [6, 6.07) is 6.98. The number of hydrogen-bond acceptors (Lipinski definition) is 5. The summed E-state index contributed by atoms with van der Waals surface area (Å²) in [4.78, 5) is 23.0. The molecule has 0 heterocycles. The molecule has 0 amide bonds. The van der Waals surface area contributed by atoms with Gasteiger partial charge in [-0.3, -0.25) is 9.59 Å². The van der Waals surface area contributed by atoms with Crippen LogP contribution in [0.1, 0.15) is 11.1 Å². The van der Waals surface area contributed by atoms with Crippen molar-refractivity contribution in [3.05, 3.63) is 35.4 Å². The van der Waals surface area contributed by atoms with E-state index < -0.39 is 17.9 Å². The molecule has 0 fully saturated rings. The minimum Gasteiger partial charge on any atom is -0.468 e. The molecule has 18 heavy (non-hydrogen) atoms. The van der Waals surface area contributed by atoms with Crippen molar-refractivity contribution in [2.75, 3.05) is 14.2 Å². The molecule has 0 aliphatic heterocycles. The topological polar surface area (TPSA) is 72.8 Å². The normalized spacial score (nSPS) is 10.2. The summed E-state index contributed by atoms with van der Waals surface area (Å²) in [7, 11) is 2.46. The predicted molar refractivity (Wildman–Crippen MR) is 63.6 cm³/mol. The molecule has 0 unspecified atom stereocenters. The molecule has 0 aliphatic rings. The predicted octanol–water partition coefficient (Wildman–Crippen LogP) is 0.684. The summed E-state index contributed by atoms with van der Waals surface area (Å²) in [5.74, 6) is -2.19. The van der Waals surface area contributed by atoms with Crippen LogP contribution in [0.5, 0.6) is 0 Å². The second kappa shape index (κ2) is 6.76. The molecule has 0 radical (unpaired) electrons. The molecule has 0 aromatic heterocycles. The Bertz CT molecular complexity index is 394. The average molecular weight is 252 g/mol. The Morgan fingerprint density at radius 2 is 1.50 bits per heavy atom. The number of methoxy groups -OCH3 is 2. The molecule has 1 aromatic carbocycles. The summed E-state index contributed by atoms with van der Waals surface area (Å²) in [6.07, 6.45) is 0.213. The van der Waals surface area contributed by atoms with Crippen LogP contribution in [0.15, 0.2) is 24.3 Å². The van der Waals surface area contributed by atoms with E-state index in [0.717, 1.165) is 11.1 Å². The zero-order valence-corrected chi connectivity index (χ0v) is 10.4. The molecule has 0 saturated carbocycles. The Labute approximate surface area is 105 Å². The van der Waals surface area contributed by atoms with Gasteiger partial charge in [0, 0.05) is 0 Å². The summed E-state index contributed by atoms with van der Waals surface area (Å²) in [6.45, 7) is -0.0439. The first-order chi connectivity index (χ1) is 8.62. The molecule has 0 bridgehead atoms. The van der Waals surface area contributed by atoms with Gasteiger partial charge in [-0.2, -0.15) is 0 Å². The van der Waals surface area contributed by atoms with Crippen LogP contribution in [0.25, 0.3) is 0 Å². The monoisotopic (exact) mass is 252 g/mol. The Kier molecular flexibility index (Phi) is 5.32. The van der Waals surface area contributed by atoms with Crippen LogP contribution in [0.3, 0.4) is 0 Å². The first-order valence-electron chi connectivity index (χ1n) is 5.46. The van der Waals surface area contributed by atoms with Gasteiger partial charge >= 0.3 is 11.9 Å². The highest BCUT2D eigenvalue weighted by Gasteiger charge is 2.28. The number of rotatable bonds is 5. The Morgan fingerprint density at radius 1 is 1.06 bits per heavy atom. The van der Waals surface area contributed by atoms with Gasteiger partial charge in [0.15, 0.2) is 5.92 Å². The van der Waals surface area contributed by atoms with Crippen LogP contribution in [0.2, 0.25) is 0 Å². The number of esters is 2. The Morgan fingerprint density at radius 3 is 1.89 bits per heavy atom. The molecule has 0 spiro atoms. The van der Waals surface area contributed by atoms with Gasteiger partial charge in [-0.05, 0) is 17.5 Å². The van der Waals surface area contributed by atoms with Gasteiger partial charge in [0.05, 0.1) is 20.8 Å². The summed E-state index contributed by atoms with van der Waals surface area (Å²) < 4.78 is 9.15. The third kappa shape index (κ3) is 3.56. The maximum Gasteiger partial charge on any atom is 0.320 e. The van der Waals surface area contributed by atoms with Crippen molar-refractivity contribution in [3.63, 3.8) is 0 Å². The van der Waals surface area contributed by atoms with Gasteiger partial charge < -0.3 is 14.6 Å². The lowest BCUT2D eigenvalue weighted by molar-refractivity contribution is -0.158.